The summed E-state index contributed by atoms with van der Waals surface area (Å²) in [5.74, 6) is 0.671. The number of anilines is 2. The lowest BCUT2D eigenvalue weighted by Crippen LogP contribution is -2.28. The smallest absolute Gasteiger partial charge is 0.229 e. The third-order valence-electron chi connectivity index (χ3n) is 5.41. The minimum Gasteiger partial charge on any atom is -0.495 e. The maximum absolute atomic E-state index is 12.9. The molecule has 32 heavy (non-hydrogen) atoms. The summed E-state index contributed by atoms with van der Waals surface area (Å²) in [6.45, 7) is 3.05. The van der Waals surface area contributed by atoms with Crippen molar-refractivity contribution in [3.63, 3.8) is 0 Å². The van der Waals surface area contributed by atoms with E-state index in [9.17, 15) is 9.59 Å². The first kappa shape index (κ1) is 21.6. The van der Waals surface area contributed by atoms with Gasteiger partial charge in [0.1, 0.15) is 18.1 Å². The Bertz CT molecular complexity index is 1090. The largest absolute Gasteiger partial charge is 0.495 e. The number of nitrogens with one attached hydrogen (secondary N) is 1. The zero-order chi connectivity index (χ0) is 22.5. The van der Waals surface area contributed by atoms with Gasteiger partial charge in [-0.15, -0.1) is 0 Å². The summed E-state index contributed by atoms with van der Waals surface area (Å²) in [6, 6.07) is 16.8. The number of rotatable bonds is 8. The van der Waals surface area contributed by atoms with E-state index in [0.717, 1.165) is 16.9 Å². The zero-order valence-corrected chi connectivity index (χ0v) is 18.2. The standard InChI is InChI=1S/C25H26N2O5/c1-17-8-9-23(30-2)22(11-17)27-14-19(13-24(27)28)25(29)26-20-6-3-5-18(12-20)15-31-16-21-7-4-10-32-21/h3-12,19H,13-16H2,1-2H3,(H,26,29). The number of carbonyl (C=O) groups excluding carboxylic acids is 2. The van der Waals surface area contributed by atoms with Crippen LogP contribution in [0.2, 0.25) is 0 Å². The quantitative estimate of drug-likeness (QED) is 0.572. The Morgan fingerprint density at radius 2 is 2.03 bits per heavy atom. The average molecular weight is 434 g/mol. The molecule has 0 radical (unpaired) electrons. The molecule has 2 amide bonds. The number of benzene rings is 2. The van der Waals surface area contributed by atoms with Crippen LogP contribution in [0.25, 0.3) is 0 Å². The molecule has 2 heterocycles. The van der Waals surface area contributed by atoms with Crippen molar-refractivity contribution in [3.8, 4) is 5.75 Å². The van der Waals surface area contributed by atoms with Crippen molar-refractivity contribution in [2.24, 2.45) is 5.92 Å². The molecule has 1 saturated heterocycles. The first-order valence-corrected chi connectivity index (χ1v) is 10.5. The number of amides is 2. The van der Waals surface area contributed by atoms with E-state index in [0.29, 0.717) is 36.9 Å². The molecule has 0 saturated carbocycles. The topological polar surface area (TPSA) is 81.0 Å². The molecular weight excluding hydrogens is 408 g/mol. The van der Waals surface area contributed by atoms with Gasteiger partial charge in [-0.05, 0) is 54.4 Å². The van der Waals surface area contributed by atoms with Gasteiger partial charge >= 0.3 is 0 Å². The number of furan rings is 1. The number of ether oxygens (including phenoxy) is 2. The monoisotopic (exact) mass is 434 g/mol. The van der Waals surface area contributed by atoms with Crippen molar-refractivity contribution in [2.45, 2.75) is 26.6 Å². The van der Waals surface area contributed by atoms with Crippen LogP contribution in [0, 0.1) is 12.8 Å². The Morgan fingerprint density at radius 3 is 2.81 bits per heavy atom. The third-order valence-corrected chi connectivity index (χ3v) is 5.41. The summed E-state index contributed by atoms with van der Waals surface area (Å²) < 4.78 is 16.3. The van der Waals surface area contributed by atoms with Crippen molar-refractivity contribution in [1.29, 1.82) is 0 Å². The van der Waals surface area contributed by atoms with Gasteiger partial charge in [-0.3, -0.25) is 9.59 Å². The predicted molar refractivity (Wildman–Crippen MR) is 120 cm³/mol. The molecular formula is C25H26N2O5. The van der Waals surface area contributed by atoms with Gasteiger partial charge in [-0.2, -0.15) is 0 Å². The minimum atomic E-state index is -0.438. The molecule has 0 spiro atoms. The fourth-order valence-electron chi connectivity index (χ4n) is 3.77. The molecule has 1 N–H and O–H groups in total. The lowest BCUT2D eigenvalue weighted by Gasteiger charge is -2.20. The second kappa shape index (κ2) is 9.70. The fourth-order valence-corrected chi connectivity index (χ4v) is 3.77. The van der Waals surface area contributed by atoms with E-state index in [1.54, 1.807) is 18.3 Å². The summed E-state index contributed by atoms with van der Waals surface area (Å²) in [5.41, 5.74) is 3.33. The highest BCUT2D eigenvalue weighted by Crippen LogP contribution is 2.34. The summed E-state index contributed by atoms with van der Waals surface area (Å²) in [5, 5.41) is 2.94. The fraction of sp³-hybridized carbons (Fsp3) is 0.280. The van der Waals surface area contributed by atoms with Crippen LogP contribution in [0.3, 0.4) is 0 Å². The Morgan fingerprint density at radius 1 is 1.16 bits per heavy atom. The Hall–Kier alpha value is -3.58. The molecule has 0 aliphatic carbocycles. The van der Waals surface area contributed by atoms with Gasteiger partial charge in [-0.1, -0.05) is 18.2 Å². The van der Waals surface area contributed by atoms with Gasteiger partial charge in [0.15, 0.2) is 0 Å². The van der Waals surface area contributed by atoms with Crippen molar-refractivity contribution in [1.82, 2.24) is 0 Å². The Labute approximate surface area is 186 Å². The summed E-state index contributed by atoms with van der Waals surface area (Å²) in [7, 11) is 1.57. The van der Waals surface area contributed by atoms with Crippen LogP contribution in [-0.4, -0.2) is 25.5 Å². The SMILES string of the molecule is COc1ccc(C)cc1N1CC(C(=O)Nc2cccc(COCc3ccco3)c2)CC1=O. The molecule has 7 nitrogen and oxygen atoms in total. The van der Waals surface area contributed by atoms with E-state index in [1.165, 1.54) is 0 Å². The van der Waals surface area contributed by atoms with Crippen molar-refractivity contribution >= 4 is 23.2 Å². The van der Waals surface area contributed by atoms with E-state index >= 15 is 0 Å². The van der Waals surface area contributed by atoms with Gasteiger partial charge in [0.2, 0.25) is 11.8 Å². The number of carbonyl (C=O) groups is 2. The van der Waals surface area contributed by atoms with Crippen molar-refractivity contribution < 1.29 is 23.5 Å². The minimum absolute atomic E-state index is 0.0888. The lowest BCUT2D eigenvalue weighted by molar-refractivity contribution is -0.122. The van der Waals surface area contributed by atoms with Gasteiger partial charge in [0.05, 0.1) is 31.6 Å². The van der Waals surface area contributed by atoms with Gasteiger partial charge in [-0.25, -0.2) is 0 Å². The highest BCUT2D eigenvalue weighted by Gasteiger charge is 2.36. The second-order valence-corrected chi connectivity index (χ2v) is 7.84. The molecule has 4 rings (SSSR count). The van der Waals surface area contributed by atoms with Gasteiger partial charge in [0, 0.05) is 18.7 Å². The maximum atomic E-state index is 12.9. The van der Waals surface area contributed by atoms with E-state index in [-0.39, 0.29) is 18.2 Å². The molecule has 1 aliphatic heterocycles. The second-order valence-electron chi connectivity index (χ2n) is 7.84. The number of methoxy groups -OCH3 is 1. The molecule has 7 heteroatoms. The first-order valence-electron chi connectivity index (χ1n) is 10.5. The maximum Gasteiger partial charge on any atom is 0.229 e. The van der Waals surface area contributed by atoms with Crippen LogP contribution in [0.1, 0.15) is 23.3 Å². The van der Waals surface area contributed by atoms with E-state index in [1.807, 2.05) is 61.5 Å². The predicted octanol–water partition coefficient (Wildman–Crippen LogP) is 4.31. The van der Waals surface area contributed by atoms with Crippen LogP contribution in [-0.2, 0) is 27.5 Å². The Kier molecular flexibility index (Phi) is 6.56. The van der Waals surface area contributed by atoms with Gasteiger partial charge in [0.25, 0.3) is 0 Å². The molecule has 1 aromatic heterocycles. The number of nitrogens with zero attached hydrogens (tertiary/aromatic N) is 1. The molecule has 1 atom stereocenters. The van der Waals surface area contributed by atoms with E-state index in [2.05, 4.69) is 5.32 Å². The molecule has 3 aromatic rings. The van der Waals surface area contributed by atoms with Crippen LogP contribution in [0.5, 0.6) is 5.75 Å². The summed E-state index contributed by atoms with van der Waals surface area (Å²) >= 11 is 0. The van der Waals surface area contributed by atoms with Crippen molar-refractivity contribution in [2.75, 3.05) is 23.9 Å². The van der Waals surface area contributed by atoms with Gasteiger partial charge < -0.3 is 24.1 Å². The van der Waals surface area contributed by atoms with Crippen LogP contribution in [0.4, 0.5) is 11.4 Å². The van der Waals surface area contributed by atoms with E-state index in [4.69, 9.17) is 13.9 Å². The number of hydrogen-bond acceptors (Lipinski definition) is 5. The molecule has 1 aliphatic rings. The van der Waals surface area contributed by atoms with Crippen LogP contribution < -0.4 is 15.0 Å². The van der Waals surface area contributed by atoms with E-state index < -0.39 is 5.92 Å². The summed E-state index contributed by atoms with van der Waals surface area (Å²) in [6.07, 6.45) is 1.77. The number of hydrogen-bond donors (Lipinski definition) is 1. The molecule has 2 aromatic carbocycles. The van der Waals surface area contributed by atoms with Crippen LogP contribution >= 0.6 is 0 Å². The average Bonchev–Trinajstić information content (AvgIpc) is 3.44. The number of aryl methyl sites for hydroxylation is 1. The highest BCUT2D eigenvalue weighted by molar-refractivity contribution is 6.04. The Balaban J connectivity index is 1.37. The highest BCUT2D eigenvalue weighted by atomic mass is 16.5. The normalized spacial score (nSPS) is 15.8. The van der Waals surface area contributed by atoms with Crippen molar-refractivity contribution in [3.05, 3.63) is 77.7 Å². The van der Waals surface area contributed by atoms with Crippen LogP contribution in [0.15, 0.2) is 65.3 Å². The first-order chi connectivity index (χ1) is 15.5. The third kappa shape index (κ3) is 5.00. The molecule has 0 bridgehead atoms. The zero-order valence-electron chi connectivity index (χ0n) is 18.2. The molecule has 1 unspecified atom stereocenters. The molecule has 1 fully saturated rings. The lowest BCUT2D eigenvalue weighted by atomic mass is 10.1. The summed E-state index contributed by atoms with van der Waals surface area (Å²) in [4.78, 5) is 27.2. The molecule has 166 valence electrons.